The van der Waals surface area contributed by atoms with Crippen LogP contribution in [0.15, 0.2) is 11.5 Å². The van der Waals surface area contributed by atoms with Gasteiger partial charge >= 0.3 is 0 Å². The highest BCUT2D eigenvalue weighted by Crippen LogP contribution is 2.07. The van der Waals surface area contributed by atoms with Crippen LogP contribution < -0.4 is 0 Å². The van der Waals surface area contributed by atoms with Gasteiger partial charge in [0.15, 0.2) is 0 Å². The van der Waals surface area contributed by atoms with E-state index in [1.165, 1.54) is 6.26 Å². The molecule has 0 N–H and O–H groups in total. The molecule has 0 bridgehead atoms. The number of ether oxygens (including phenoxy) is 2. The molecule has 0 amide bonds. The van der Waals surface area contributed by atoms with Crippen LogP contribution in [-0.4, -0.2) is 12.2 Å². The summed E-state index contributed by atoms with van der Waals surface area (Å²) in [4.78, 5) is 0. The molecule has 0 atom stereocenters. The Kier molecular flexibility index (Phi) is 5.12. The Hall–Kier alpha value is -0.370. The molecule has 0 aromatic carbocycles. The lowest BCUT2D eigenvalue weighted by Crippen LogP contribution is -2.01. The summed E-state index contributed by atoms with van der Waals surface area (Å²) in [6, 6.07) is 0. The van der Waals surface area contributed by atoms with Gasteiger partial charge in [-0.15, -0.1) is 0 Å². The molecule has 0 saturated heterocycles. The van der Waals surface area contributed by atoms with E-state index in [1.54, 1.807) is 0 Å². The molecule has 0 rings (SSSR count). The molecule has 0 saturated carbocycles. The van der Waals surface area contributed by atoms with Crippen molar-refractivity contribution in [2.45, 2.75) is 39.9 Å². The highest BCUT2D eigenvalue weighted by molar-refractivity contribution is 6.28. The molecule has 3 heteroatoms. The second-order valence-electron chi connectivity index (χ2n) is 2.77. The summed E-state index contributed by atoms with van der Waals surface area (Å²) in [5, 5.41) is 0.300. The molecule has 0 fully saturated rings. The maximum absolute atomic E-state index is 5.63. The average Bonchev–Trinajstić information content (AvgIpc) is 1.82. The van der Waals surface area contributed by atoms with E-state index in [9.17, 15) is 0 Å². The predicted octanol–water partition coefficient (Wildman–Crippen LogP) is 2.87. The van der Waals surface area contributed by atoms with Crippen molar-refractivity contribution >= 4 is 11.6 Å². The summed E-state index contributed by atoms with van der Waals surface area (Å²) >= 11 is 5.63. The molecular weight excluding hydrogens is 164 g/mol. The normalized spacial score (nSPS) is 12.5. The molecule has 0 aromatic heterocycles. The van der Waals surface area contributed by atoms with E-state index in [4.69, 9.17) is 21.1 Å². The zero-order valence-electron chi connectivity index (χ0n) is 7.43. The molecular formula is C8H15ClO2. The van der Waals surface area contributed by atoms with Crippen molar-refractivity contribution in [3.05, 3.63) is 11.5 Å². The molecule has 0 aliphatic rings. The first-order chi connectivity index (χ1) is 5.02. The van der Waals surface area contributed by atoms with E-state index < -0.39 is 0 Å². The third-order valence-electron chi connectivity index (χ3n) is 0.781. The van der Waals surface area contributed by atoms with Crippen molar-refractivity contribution < 1.29 is 9.47 Å². The smallest absolute Gasteiger partial charge is 0.222 e. The molecule has 2 nitrogen and oxygen atoms in total. The van der Waals surface area contributed by atoms with Crippen LogP contribution in [0.3, 0.4) is 0 Å². The van der Waals surface area contributed by atoms with E-state index in [0.717, 1.165) is 0 Å². The summed E-state index contributed by atoms with van der Waals surface area (Å²) in [7, 11) is 0. The molecule has 0 heterocycles. The minimum absolute atomic E-state index is 0.0921. The van der Waals surface area contributed by atoms with Gasteiger partial charge in [-0.05, 0) is 39.3 Å². The van der Waals surface area contributed by atoms with Crippen molar-refractivity contribution in [1.82, 2.24) is 0 Å². The number of hydrogen-bond donors (Lipinski definition) is 0. The second-order valence-corrected chi connectivity index (χ2v) is 3.15. The van der Waals surface area contributed by atoms with Crippen molar-refractivity contribution in [3.63, 3.8) is 0 Å². The van der Waals surface area contributed by atoms with Crippen LogP contribution >= 0.6 is 11.6 Å². The Bertz CT molecular complexity index is 130. The lowest BCUT2D eigenvalue weighted by molar-refractivity contribution is 0.130. The topological polar surface area (TPSA) is 18.5 Å². The summed E-state index contributed by atoms with van der Waals surface area (Å²) < 4.78 is 10.2. The van der Waals surface area contributed by atoms with Gasteiger partial charge in [0.1, 0.15) is 6.26 Å². The maximum Gasteiger partial charge on any atom is 0.222 e. The summed E-state index contributed by atoms with van der Waals surface area (Å²) in [6.45, 7) is 7.67. The Morgan fingerprint density at radius 2 is 1.73 bits per heavy atom. The average molecular weight is 179 g/mol. The molecule has 11 heavy (non-hydrogen) atoms. The van der Waals surface area contributed by atoms with Crippen molar-refractivity contribution in [2.75, 3.05) is 0 Å². The van der Waals surface area contributed by atoms with Gasteiger partial charge in [0, 0.05) is 0 Å². The summed E-state index contributed by atoms with van der Waals surface area (Å²) in [6.07, 6.45) is 1.65. The van der Waals surface area contributed by atoms with Crippen LogP contribution in [0.5, 0.6) is 0 Å². The third kappa shape index (κ3) is 7.53. The molecule has 0 unspecified atom stereocenters. The standard InChI is InChI=1S/C8H15ClO2/c1-6(2)10-5-8(9)11-7(3)4/h5-7H,1-4H3/b8-5-. The van der Waals surface area contributed by atoms with Crippen LogP contribution in [0, 0.1) is 0 Å². The van der Waals surface area contributed by atoms with Gasteiger partial charge in [-0.1, -0.05) is 0 Å². The summed E-state index contributed by atoms with van der Waals surface area (Å²) in [5.41, 5.74) is 0. The zero-order chi connectivity index (χ0) is 8.85. The first-order valence-corrected chi connectivity index (χ1v) is 4.08. The van der Waals surface area contributed by atoms with Crippen molar-refractivity contribution in [2.24, 2.45) is 0 Å². The van der Waals surface area contributed by atoms with Crippen molar-refractivity contribution in [3.8, 4) is 0 Å². The van der Waals surface area contributed by atoms with E-state index in [0.29, 0.717) is 5.22 Å². The third-order valence-corrected chi connectivity index (χ3v) is 0.959. The van der Waals surface area contributed by atoms with Gasteiger partial charge in [-0.25, -0.2) is 0 Å². The largest absolute Gasteiger partial charge is 0.494 e. The van der Waals surface area contributed by atoms with Crippen LogP contribution in [0.1, 0.15) is 27.7 Å². The minimum atomic E-state index is 0.0921. The number of hydrogen-bond acceptors (Lipinski definition) is 2. The van der Waals surface area contributed by atoms with Crippen molar-refractivity contribution in [1.29, 1.82) is 0 Å². The summed E-state index contributed by atoms with van der Waals surface area (Å²) in [5.74, 6) is 0. The van der Waals surface area contributed by atoms with Gasteiger partial charge in [-0.3, -0.25) is 0 Å². The van der Waals surface area contributed by atoms with E-state index >= 15 is 0 Å². The molecule has 0 radical (unpaired) electrons. The van der Waals surface area contributed by atoms with Crippen LogP contribution in [0.4, 0.5) is 0 Å². The van der Waals surface area contributed by atoms with Crippen LogP contribution in [0.2, 0.25) is 0 Å². The fourth-order valence-corrected chi connectivity index (χ4v) is 0.672. The quantitative estimate of drug-likeness (QED) is 0.617. The minimum Gasteiger partial charge on any atom is -0.494 e. The Balaban J connectivity index is 3.63. The van der Waals surface area contributed by atoms with Gasteiger partial charge in [-0.2, -0.15) is 0 Å². The fraction of sp³-hybridized carbons (Fsp3) is 0.750. The lowest BCUT2D eigenvalue weighted by atomic mass is 10.5. The first-order valence-electron chi connectivity index (χ1n) is 3.70. The van der Waals surface area contributed by atoms with E-state index in [1.807, 2.05) is 27.7 Å². The highest BCUT2D eigenvalue weighted by atomic mass is 35.5. The Labute approximate surface area is 73.1 Å². The fourth-order valence-electron chi connectivity index (χ4n) is 0.443. The van der Waals surface area contributed by atoms with Gasteiger partial charge in [0.2, 0.25) is 5.22 Å². The molecule has 0 aliphatic heterocycles. The maximum atomic E-state index is 5.63. The SMILES string of the molecule is CC(C)O/C=C(/Cl)OC(C)C. The first kappa shape index (κ1) is 10.6. The predicted molar refractivity (Wildman–Crippen MR) is 46.4 cm³/mol. The lowest BCUT2D eigenvalue weighted by Gasteiger charge is -2.09. The Morgan fingerprint density at radius 3 is 2.09 bits per heavy atom. The van der Waals surface area contributed by atoms with Crippen LogP contribution in [0.25, 0.3) is 0 Å². The van der Waals surface area contributed by atoms with Gasteiger partial charge in [0.25, 0.3) is 0 Å². The molecule has 0 aliphatic carbocycles. The van der Waals surface area contributed by atoms with Gasteiger partial charge in [0.05, 0.1) is 12.2 Å². The van der Waals surface area contributed by atoms with Gasteiger partial charge < -0.3 is 9.47 Å². The monoisotopic (exact) mass is 178 g/mol. The van der Waals surface area contributed by atoms with E-state index in [-0.39, 0.29) is 12.2 Å². The van der Waals surface area contributed by atoms with E-state index in [2.05, 4.69) is 0 Å². The molecule has 0 spiro atoms. The number of halogens is 1. The Morgan fingerprint density at radius 1 is 1.18 bits per heavy atom. The highest BCUT2D eigenvalue weighted by Gasteiger charge is 1.97. The molecule has 0 aromatic rings. The van der Waals surface area contributed by atoms with Crippen LogP contribution in [-0.2, 0) is 9.47 Å². The zero-order valence-corrected chi connectivity index (χ0v) is 8.18. The molecule has 66 valence electrons. The second kappa shape index (κ2) is 5.30. The number of rotatable bonds is 4.